The van der Waals surface area contributed by atoms with E-state index in [9.17, 15) is 0 Å². The van der Waals surface area contributed by atoms with Crippen molar-refractivity contribution in [3.8, 4) is 0 Å². The van der Waals surface area contributed by atoms with Crippen molar-refractivity contribution in [2.45, 2.75) is 33.1 Å². The van der Waals surface area contributed by atoms with Crippen LogP contribution in [0.4, 0.5) is 5.69 Å². The van der Waals surface area contributed by atoms with E-state index in [1.54, 1.807) is 11.3 Å². The van der Waals surface area contributed by atoms with Crippen LogP contribution in [0.2, 0.25) is 0 Å². The molecule has 0 bridgehead atoms. The first-order valence-corrected chi connectivity index (χ1v) is 10.3. The zero-order chi connectivity index (χ0) is 18.6. The third-order valence-electron chi connectivity index (χ3n) is 4.05. The number of benzene rings is 1. The maximum atomic E-state index is 4.68. The molecule has 0 unspecified atom stereocenters. The molecular formula is C20H31N5S. The molecule has 26 heavy (non-hydrogen) atoms. The number of guanidine groups is 1. The lowest BCUT2D eigenvalue weighted by atomic mass is 10.2. The van der Waals surface area contributed by atoms with Gasteiger partial charge in [-0.05, 0) is 38.8 Å². The number of hydrogen-bond acceptors (Lipinski definition) is 4. The van der Waals surface area contributed by atoms with Crippen LogP contribution in [0, 0.1) is 6.92 Å². The van der Waals surface area contributed by atoms with Crippen LogP contribution in [0.3, 0.4) is 0 Å². The SMILES string of the molecule is CCNC(=NCCCCN(C)c1ccccc1)NCCc1csc(C)n1. The average Bonchev–Trinajstić information content (AvgIpc) is 3.07. The molecule has 0 saturated carbocycles. The Bertz CT molecular complexity index is 653. The second kappa shape index (κ2) is 11.5. The van der Waals surface area contributed by atoms with Crippen LogP contribution in [0.25, 0.3) is 0 Å². The third-order valence-corrected chi connectivity index (χ3v) is 4.88. The van der Waals surface area contributed by atoms with E-state index in [4.69, 9.17) is 0 Å². The molecule has 0 saturated heterocycles. The van der Waals surface area contributed by atoms with Crippen molar-refractivity contribution in [1.82, 2.24) is 15.6 Å². The predicted molar refractivity (Wildman–Crippen MR) is 113 cm³/mol. The van der Waals surface area contributed by atoms with E-state index in [-0.39, 0.29) is 0 Å². The first kappa shape index (κ1) is 20.2. The van der Waals surface area contributed by atoms with E-state index >= 15 is 0 Å². The Hall–Kier alpha value is -2.08. The molecule has 0 amide bonds. The molecule has 1 heterocycles. The van der Waals surface area contributed by atoms with Gasteiger partial charge in [0.05, 0.1) is 10.7 Å². The van der Waals surface area contributed by atoms with Gasteiger partial charge < -0.3 is 15.5 Å². The van der Waals surface area contributed by atoms with Gasteiger partial charge in [0.25, 0.3) is 0 Å². The van der Waals surface area contributed by atoms with Crippen LogP contribution in [-0.2, 0) is 6.42 Å². The van der Waals surface area contributed by atoms with Gasteiger partial charge in [-0.15, -0.1) is 11.3 Å². The maximum absolute atomic E-state index is 4.68. The first-order valence-electron chi connectivity index (χ1n) is 9.38. The summed E-state index contributed by atoms with van der Waals surface area (Å²) < 4.78 is 0. The quantitative estimate of drug-likeness (QED) is 0.380. The van der Waals surface area contributed by atoms with Crippen molar-refractivity contribution in [3.63, 3.8) is 0 Å². The number of nitrogens with zero attached hydrogens (tertiary/aromatic N) is 3. The summed E-state index contributed by atoms with van der Waals surface area (Å²) in [7, 11) is 2.14. The topological polar surface area (TPSA) is 52.6 Å². The molecule has 0 fully saturated rings. The van der Waals surface area contributed by atoms with Gasteiger partial charge in [0.2, 0.25) is 0 Å². The van der Waals surface area contributed by atoms with Crippen molar-refractivity contribution in [1.29, 1.82) is 0 Å². The summed E-state index contributed by atoms with van der Waals surface area (Å²) in [6.07, 6.45) is 3.14. The highest BCUT2D eigenvalue weighted by Crippen LogP contribution is 2.11. The second-order valence-corrected chi connectivity index (χ2v) is 7.32. The number of para-hydroxylation sites is 1. The summed E-state index contributed by atoms with van der Waals surface area (Å²) in [5.41, 5.74) is 2.42. The Morgan fingerprint density at radius 2 is 2.00 bits per heavy atom. The first-order chi connectivity index (χ1) is 12.7. The van der Waals surface area contributed by atoms with E-state index in [1.807, 2.05) is 6.92 Å². The number of anilines is 1. The number of aliphatic imine (C=N–C) groups is 1. The number of aryl methyl sites for hydroxylation is 1. The van der Waals surface area contributed by atoms with Gasteiger partial charge >= 0.3 is 0 Å². The number of thiazole rings is 1. The zero-order valence-electron chi connectivity index (χ0n) is 16.2. The fourth-order valence-corrected chi connectivity index (χ4v) is 3.28. The number of aromatic nitrogens is 1. The summed E-state index contributed by atoms with van der Waals surface area (Å²) in [6.45, 7) is 7.75. The van der Waals surface area contributed by atoms with E-state index in [0.717, 1.165) is 62.1 Å². The Labute approximate surface area is 161 Å². The van der Waals surface area contributed by atoms with Gasteiger partial charge in [0, 0.05) is 50.7 Å². The molecule has 6 heteroatoms. The van der Waals surface area contributed by atoms with Gasteiger partial charge in [-0.25, -0.2) is 4.98 Å². The highest BCUT2D eigenvalue weighted by Gasteiger charge is 2.01. The molecule has 0 radical (unpaired) electrons. The minimum Gasteiger partial charge on any atom is -0.375 e. The molecule has 1 aromatic heterocycles. The van der Waals surface area contributed by atoms with E-state index in [2.05, 4.69) is 75.2 Å². The van der Waals surface area contributed by atoms with Crippen molar-refractivity contribution in [3.05, 3.63) is 46.4 Å². The molecule has 2 N–H and O–H groups in total. The lowest BCUT2D eigenvalue weighted by molar-refractivity contribution is 0.718. The molecule has 2 rings (SSSR count). The molecule has 142 valence electrons. The van der Waals surface area contributed by atoms with E-state index in [0.29, 0.717) is 0 Å². The lowest BCUT2D eigenvalue weighted by Crippen LogP contribution is -2.38. The molecular weight excluding hydrogens is 342 g/mol. The van der Waals surface area contributed by atoms with Crippen LogP contribution in [0.5, 0.6) is 0 Å². The van der Waals surface area contributed by atoms with Crippen LogP contribution >= 0.6 is 11.3 Å². The van der Waals surface area contributed by atoms with Crippen molar-refractivity contribution >= 4 is 23.0 Å². The monoisotopic (exact) mass is 373 g/mol. The van der Waals surface area contributed by atoms with Gasteiger partial charge in [0.15, 0.2) is 5.96 Å². The standard InChI is InChI=1S/C20H31N5S/c1-4-21-20(23-14-12-18-16-26-17(2)24-18)22-13-8-9-15-25(3)19-10-6-5-7-11-19/h5-7,10-11,16H,4,8-9,12-15H2,1-3H3,(H2,21,22,23). The largest absolute Gasteiger partial charge is 0.375 e. The van der Waals surface area contributed by atoms with Gasteiger partial charge in [-0.3, -0.25) is 4.99 Å². The lowest BCUT2D eigenvalue weighted by Gasteiger charge is -2.18. The Kier molecular flexibility index (Phi) is 8.96. The molecule has 0 aliphatic carbocycles. The van der Waals surface area contributed by atoms with Crippen molar-refractivity contribution in [2.24, 2.45) is 4.99 Å². The molecule has 5 nitrogen and oxygen atoms in total. The summed E-state index contributed by atoms with van der Waals surface area (Å²) in [6, 6.07) is 10.5. The van der Waals surface area contributed by atoms with Gasteiger partial charge in [-0.1, -0.05) is 18.2 Å². The van der Waals surface area contributed by atoms with Crippen LogP contribution in [0.1, 0.15) is 30.5 Å². The van der Waals surface area contributed by atoms with E-state index < -0.39 is 0 Å². The summed E-state index contributed by atoms with van der Waals surface area (Å²) in [5, 5.41) is 9.96. The zero-order valence-corrected chi connectivity index (χ0v) is 17.0. The normalized spacial score (nSPS) is 11.4. The summed E-state index contributed by atoms with van der Waals surface area (Å²) in [4.78, 5) is 11.5. The highest BCUT2D eigenvalue weighted by atomic mass is 32.1. The molecule has 0 atom stereocenters. The number of rotatable bonds is 10. The number of nitrogens with one attached hydrogen (secondary N) is 2. The van der Waals surface area contributed by atoms with E-state index in [1.165, 1.54) is 5.69 Å². The van der Waals surface area contributed by atoms with Crippen LogP contribution in [-0.4, -0.2) is 44.2 Å². The van der Waals surface area contributed by atoms with Crippen molar-refractivity contribution in [2.75, 3.05) is 38.1 Å². The minimum absolute atomic E-state index is 0.841. The number of hydrogen-bond donors (Lipinski definition) is 2. The average molecular weight is 374 g/mol. The summed E-state index contributed by atoms with van der Waals surface area (Å²) >= 11 is 1.70. The molecule has 1 aromatic carbocycles. The highest BCUT2D eigenvalue weighted by molar-refractivity contribution is 7.09. The van der Waals surface area contributed by atoms with Gasteiger partial charge in [0.1, 0.15) is 0 Å². The Balaban J connectivity index is 1.66. The van der Waals surface area contributed by atoms with Gasteiger partial charge in [-0.2, -0.15) is 0 Å². The number of unbranched alkanes of at least 4 members (excludes halogenated alkanes) is 1. The fraction of sp³-hybridized carbons (Fsp3) is 0.500. The summed E-state index contributed by atoms with van der Waals surface area (Å²) in [5.74, 6) is 0.899. The van der Waals surface area contributed by atoms with Crippen molar-refractivity contribution < 1.29 is 0 Å². The fourth-order valence-electron chi connectivity index (χ4n) is 2.64. The Morgan fingerprint density at radius 3 is 2.69 bits per heavy atom. The maximum Gasteiger partial charge on any atom is 0.191 e. The Morgan fingerprint density at radius 1 is 1.19 bits per heavy atom. The third kappa shape index (κ3) is 7.44. The molecule has 0 spiro atoms. The molecule has 0 aliphatic heterocycles. The predicted octanol–water partition coefficient (Wildman–Crippen LogP) is 3.47. The molecule has 2 aromatic rings. The molecule has 0 aliphatic rings. The minimum atomic E-state index is 0.841. The van der Waals surface area contributed by atoms with Crippen LogP contribution < -0.4 is 15.5 Å². The second-order valence-electron chi connectivity index (χ2n) is 6.26. The smallest absolute Gasteiger partial charge is 0.191 e. The van der Waals surface area contributed by atoms with Crippen LogP contribution in [0.15, 0.2) is 40.7 Å².